The van der Waals surface area contributed by atoms with E-state index < -0.39 is 0 Å². The third kappa shape index (κ3) is 3.77. The molecule has 1 aromatic rings. The molecule has 19 heavy (non-hydrogen) atoms. The summed E-state index contributed by atoms with van der Waals surface area (Å²) in [6.07, 6.45) is 3.70. The average Bonchev–Trinajstić information content (AvgIpc) is 2.39. The van der Waals surface area contributed by atoms with Gasteiger partial charge in [-0.1, -0.05) is 26.8 Å². The molecular weight excluding hydrogens is 238 g/mol. The Morgan fingerprint density at radius 2 is 1.95 bits per heavy atom. The minimum atomic E-state index is -0.272. The van der Waals surface area contributed by atoms with Gasteiger partial charge in [-0.3, -0.25) is 14.7 Å². The van der Waals surface area contributed by atoms with Crippen LogP contribution >= 0.6 is 0 Å². The van der Waals surface area contributed by atoms with Gasteiger partial charge in [-0.2, -0.15) is 0 Å². The van der Waals surface area contributed by atoms with Crippen molar-refractivity contribution in [3.8, 4) is 0 Å². The number of carbonyl (C=O) groups excluding carboxylic acids is 1. The second kappa shape index (κ2) is 5.70. The summed E-state index contributed by atoms with van der Waals surface area (Å²) in [6, 6.07) is 4.06. The van der Waals surface area contributed by atoms with Crippen LogP contribution in [0.25, 0.3) is 0 Å². The molecule has 1 aliphatic rings. The number of rotatable bonds is 2. The van der Waals surface area contributed by atoms with Gasteiger partial charge in [-0.25, -0.2) is 0 Å². The minimum Gasteiger partial charge on any atom is -0.340 e. The first-order valence-electron chi connectivity index (χ1n) is 6.87. The van der Waals surface area contributed by atoms with Gasteiger partial charge in [0.25, 0.3) is 0 Å². The monoisotopic (exact) mass is 261 g/mol. The highest BCUT2D eigenvalue weighted by Gasteiger charge is 2.29. The third-order valence-corrected chi connectivity index (χ3v) is 3.43. The number of carbonyl (C=O) groups is 1. The third-order valence-electron chi connectivity index (χ3n) is 3.43. The van der Waals surface area contributed by atoms with Crippen LogP contribution < -0.4 is 0 Å². The summed E-state index contributed by atoms with van der Waals surface area (Å²) in [4.78, 5) is 20.7. The summed E-state index contributed by atoms with van der Waals surface area (Å²) < 4.78 is 0. The molecule has 2 heterocycles. The van der Waals surface area contributed by atoms with E-state index in [0.717, 1.165) is 32.7 Å². The van der Waals surface area contributed by atoms with E-state index in [9.17, 15) is 4.79 Å². The Kier molecular flexibility index (Phi) is 4.20. The Labute approximate surface area is 115 Å². The fourth-order valence-corrected chi connectivity index (χ4v) is 2.33. The van der Waals surface area contributed by atoms with Crippen LogP contribution in [-0.4, -0.2) is 46.9 Å². The van der Waals surface area contributed by atoms with Crippen molar-refractivity contribution in [1.29, 1.82) is 0 Å². The smallest absolute Gasteiger partial charge is 0.228 e. The molecule has 0 spiro atoms. The van der Waals surface area contributed by atoms with Gasteiger partial charge in [-0.05, 0) is 11.6 Å². The van der Waals surface area contributed by atoms with E-state index in [2.05, 4.69) is 16.0 Å². The topological polar surface area (TPSA) is 36.4 Å². The lowest BCUT2D eigenvalue weighted by Gasteiger charge is -2.37. The van der Waals surface area contributed by atoms with Crippen LogP contribution in [0.15, 0.2) is 24.5 Å². The largest absolute Gasteiger partial charge is 0.340 e. The quantitative estimate of drug-likeness (QED) is 0.814. The predicted octanol–water partition coefficient (Wildman–Crippen LogP) is 1.77. The Morgan fingerprint density at radius 3 is 2.47 bits per heavy atom. The fourth-order valence-electron chi connectivity index (χ4n) is 2.33. The van der Waals surface area contributed by atoms with Crippen molar-refractivity contribution in [2.75, 3.05) is 26.2 Å². The van der Waals surface area contributed by atoms with Crippen molar-refractivity contribution < 1.29 is 4.79 Å². The Morgan fingerprint density at radius 1 is 1.26 bits per heavy atom. The molecular formula is C15H23N3O. The van der Waals surface area contributed by atoms with Gasteiger partial charge >= 0.3 is 0 Å². The predicted molar refractivity (Wildman–Crippen MR) is 75.5 cm³/mol. The lowest BCUT2D eigenvalue weighted by Crippen LogP contribution is -2.51. The van der Waals surface area contributed by atoms with E-state index in [0.29, 0.717) is 0 Å². The zero-order valence-electron chi connectivity index (χ0n) is 12.1. The molecule has 0 saturated carbocycles. The number of aromatic nitrogens is 1. The van der Waals surface area contributed by atoms with E-state index in [1.807, 2.05) is 37.9 Å². The van der Waals surface area contributed by atoms with Crippen LogP contribution in [0.5, 0.6) is 0 Å². The number of piperazine rings is 1. The molecule has 0 radical (unpaired) electrons. The van der Waals surface area contributed by atoms with Gasteiger partial charge in [0.15, 0.2) is 0 Å². The summed E-state index contributed by atoms with van der Waals surface area (Å²) in [6.45, 7) is 10.4. The van der Waals surface area contributed by atoms with Gasteiger partial charge in [0.05, 0.1) is 0 Å². The molecule has 104 valence electrons. The number of hydrogen-bond acceptors (Lipinski definition) is 3. The van der Waals surface area contributed by atoms with Crippen molar-refractivity contribution in [3.63, 3.8) is 0 Å². The van der Waals surface area contributed by atoms with Gasteiger partial charge in [-0.15, -0.1) is 0 Å². The van der Waals surface area contributed by atoms with Crippen LogP contribution in [-0.2, 0) is 11.3 Å². The molecule has 2 rings (SSSR count). The molecule has 1 amide bonds. The molecule has 1 aliphatic heterocycles. The van der Waals surface area contributed by atoms with E-state index in [-0.39, 0.29) is 11.3 Å². The van der Waals surface area contributed by atoms with Crippen molar-refractivity contribution >= 4 is 5.91 Å². The Bertz CT molecular complexity index is 417. The molecule has 1 aromatic heterocycles. The number of hydrogen-bond donors (Lipinski definition) is 0. The maximum absolute atomic E-state index is 12.2. The van der Waals surface area contributed by atoms with Crippen molar-refractivity contribution in [1.82, 2.24) is 14.8 Å². The first kappa shape index (κ1) is 14.0. The first-order chi connectivity index (χ1) is 8.97. The number of nitrogens with zero attached hydrogens (tertiary/aromatic N) is 3. The first-order valence-corrected chi connectivity index (χ1v) is 6.87. The van der Waals surface area contributed by atoms with Gasteiger partial charge in [0, 0.05) is 50.5 Å². The number of amides is 1. The van der Waals surface area contributed by atoms with Crippen LogP contribution in [0.1, 0.15) is 26.3 Å². The minimum absolute atomic E-state index is 0.258. The second-order valence-corrected chi connectivity index (χ2v) is 6.18. The summed E-state index contributed by atoms with van der Waals surface area (Å²) in [5.41, 5.74) is 0.962. The van der Waals surface area contributed by atoms with E-state index >= 15 is 0 Å². The number of pyridine rings is 1. The SMILES string of the molecule is CC(C)(C)C(=O)N1CCN(Cc2cccnc2)CC1. The standard InChI is InChI=1S/C15H23N3O/c1-15(2,3)14(19)18-9-7-17(8-10-18)12-13-5-4-6-16-11-13/h4-6,11H,7-10,12H2,1-3H3. The lowest BCUT2D eigenvalue weighted by atomic mass is 9.94. The molecule has 0 N–H and O–H groups in total. The molecule has 0 aliphatic carbocycles. The molecule has 1 fully saturated rings. The van der Waals surface area contributed by atoms with Crippen molar-refractivity contribution in [3.05, 3.63) is 30.1 Å². The Hall–Kier alpha value is -1.42. The lowest BCUT2D eigenvalue weighted by molar-refractivity contribution is -0.141. The van der Waals surface area contributed by atoms with Gasteiger partial charge in [0.1, 0.15) is 0 Å². The highest BCUT2D eigenvalue weighted by molar-refractivity contribution is 5.81. The van der Waals surface area contributed by atoms with Crippen LogP contribution in [0, 0.1) is 5.41 Å². The zero-order valence-corrected chi connectivity index (χ0v) is 12.1. The summed E-state index contributed by atoms with van der Waals surface area (Å²) in [7, 11) is 0. The van der Waals surface area contributed by atoms with Crippen molar-refractivity contribution in [2.24, 2.45) is 5.41 Å². The molecule has 0 bridgehead atoms. The van der Waals surface area contributed by atoms with Crippen molar-refractivity contribution in [2.45, 2.75) is 27.3 Å². The molecule has 0 atom stereocenters. The zero-order chi connectivity index (χ0) is 13.9. The molecule has 1 saturated heterocycles. The van der Waals surface area contributed by atoms with Gasteiger partial charge in [0.2, 0.25) is 5.91 Å². The van der Waals surface area contributed by atoms with Crippen LogP contribution in [0.4, 0.5) is 0 Å². The maximum atomic E-state index is 12.2. The van der Waals surface area contributed by atoms with Crippen LogP contribution in [0.2, 0.25) is 0 Å². The fraction of sp³-hybridized carbons (Fsp3) is 0.600. The molecule has 4 nitrogen and oxygen atoms in total. The molecule has 0 aromatic carbocycles. The van der Waals surface area contributed by atoms with Crippen LogP contribution in [0.3, 0.4) is 0 Å². The summed E-state index contributed by atoms with van der Waals surface area (Å²) in [5.74, 6) is 0.258. The summed E-state index contributed by atoms with van der Waals surface area (Å²) >= 11 is 0. The second-order valence-electron chi connectivity index (χ2n) is 6.18. The highest BCUT2D eigenvalue weighted by Crippen LogP contribution is 2.19. The normalized spacial score (nSPS) is 17.5. The van der Waals surface area contributed by atoms with E-state index in [4.69, 9.17) is 0 Å². The molecule has 0 unspecified atom stereocenters. The highest BCUT2D eigenvalue weighted by atomic mass is 16.2. The average molecular weight is 261 g/mol. The summed E-state index contributed by atoms with van der Waals surface area (Å²) in [5, 5.41) is 0. The Balaban J connectivity index is 1.85. The van der Waals surface area contributed by atoms with E-state index in [1.54, 1.807) is 6.20 Å². The van der Waals surface area contributed by atoms with E-state index in [1.165, 1.54) is 5.56 Å². The maximum Gasteiger partial charge on any atom is 0.228 e. The van der Waals surface area contributed by atoms with Gasteiger partial charge < -0.3 is 4.90 Å². The molecule has 4 heteroatoms.